The van der Waals surface area contributed by atoms with E-state index in [1.54, 1.807) is 12.5 Å². The minimum Gasteiger partial charge on any atom is -0.497 e. The number of ether oxygens (including phenoxy) is 2. The fraction of sp³-hybridized carbons (Fsp3) is 0.333. The zero-order chi connectivity index (χ0) is 15.9. The lowest BCUT2D eigenvalue weighted by molar-refractivity contribution is 0.0927. The lowest BCUT2D eigenvalue weighted by atomic mass is 10.3. The Balaban J connectivity index is 0.00000264. The number of rotatable bonds is 7. The van der Waals surface area contributed by atoms with Crippen molar-refractivity contribution in [2.75, 3.05) is 13.7 Å². The van der Waals surface area contributed by atoms with E-state index in [9.17, 15) is 4.79 Å². The molecule has 1 aromatic carbocycles. The second-order valence-corrected chi connectivity index (χ2v) is 5.59. The minimum atomic E-state index is -0.221. The molecule has 2 aromatic rings. The van der Waals surface area contributed by atoms with Gasteiger partial charge in [-0.05, 0) is 31.2 Å². The summed E-state index contributed by atoms with van der Waals surface area (Å²) in [5.74, 6) is 1.27. The van der Waals surface area contributed by atoms with Crippen LogP contribution in [-0.2, 0) is 6.54 Å². The average Bonchev–Trinajstić information content (AvgIpc) is 3.02. The molecule has 0 bridgehead atoms. The monoisotopic (exact) mass is 357 g/mol. The molecule has 0 saturated heterocycles. The lowest BCUT2D eigenvalue weighted by Crippen LogP contribution is -2.33. The summed E-state index contributed by atoms with van der Waals surface area (Å²) in [6.45, 7) is 2.62. The van der Waals surface area contributed by atoms with Crippen LogP contribution in [-0.4, -0.2) is 30.6 Å². The Hall–Kier alpha value is -1.83. The van der Waals surface area contributed by atoms with Crippen LogP contribution in [0.1, 0.15) is 22.4 Å². The molecule has 0 aliphatic carbocycles. The zero-order valence-electron chi connectivity index (χ0n) is 12.9. The number of nitrogens with one attached hydrogen (secondary N) is 1. The van der Waals surface area contributed by atoms with Gasteiger partial charge in [-0.15, -0.1) is 23.7 Å². The Morgan fingerprint density at radius 3 is 2.57 bits per heavy atom. The van der Waals surface area contributed by atoms with E-state index in [0.29, 0.717) is 18.8 Å². The number of amides is 1. The highest BCUT2D eigenvalue weighted by atomic mass is 35.5. The van der Waals surface area contributed by atoms with Crippen molar-refractivity contribution in [3.63, 3.8) is 0 Å². The second kappa shape index (κ2) is 9.34. The normalized spacial score (nSPS) is 11.3. The van der Waals surface area contributed by atoms with Crippen molar-refractivity contribution in [3.05, 3.63) is 40.3 Å². The van der Waals surface area contributed by atoms with E-state index in [4.69, 9.17) is 15.2 Å². The van der Waals surface area contributed by atoms with Crippen LogP contribution in [0.2, 0.25) is 0 Å². The zero-order valence-corrected chi connectivity index (χ0v) is 14.6. The van der Waals surface area contributed by atoms with E-state index in [1.165, 1.54) is 11.3 Å². The van der Waals surface area contributed by atoms with E-state index in [2.05, 4.69) is 10.3 Å². The van der Waals surface area contributed by atoms with E-state index in [0.717, 1.165) is 16.5 Å². The van der Waals surface area contributed by atoms with Gasteiger partial charge in [0.1, 0.15) is 28.3 Å². The first-order valence-electron chi connectivity index (χ1n) is 6.85. The Morgan fingerprint density at radius 2 is 2.00 bits per heavy atom. The highest BCUT2D eigenvalue weighted by molar-refractivity contribution is 7.09. The van der Waals surface area contributed by atoms with Gasteiger partial charge < -0.3 is 20.5 Å². The summed E-state index contributed by atoms with van der Waals surface area (Å²) in [6.07, 6.45) is -0.162. The molecule has 0 aliphatic rings. The standard InChI is InChI=1S/C15H19N3O3S.ClH/c1-10(21-12-5-3-11(20-2)4-6-12)8-17-15(19)13-9-22-14(7-16)18-13;/h3-6,9-10H,7-8,16H2,1-2H3,(H,17,19);1H. The highest BCUT2D eigenvalue weighted by Crippen LogP contribution is 2.18. The maximum Gasteiger partial charge on any atom is 0.270 e. The maximum atomic E-state index is 11.9. The number of methoxy groups -OCH3 is 1. The van der Waals surface area contributed by atoms with E-state index >= 15 is 0 Å². The number of benzene rings is 1. The predicted octanol–water partition coefficient (Wildman–Crippen LogP) is 2.23. The molecular formula is C15H20ClN3O3S. The fourth-order valence-corrected chi connectivity index (χ4v) is 2.42. The van der Waals surface area contributed by atoms with Gasteiger partial charge in [0.15, 0.2) is 0 Å². The largest absolute Gasteiger partial charge is 0.497 e. The van der Waals surface area contributed by atoms with Gasteiger partial charge >= 0.3 is 0 Å². The van der Waals surface area contributed by atoms with Crippen molar-refractivity contribution < 1.29 is 14.3 Å². The van der Waals surface area contributed by atoms with Crippen LogP contribution < -0.4 is 20.5 Å². The molecule has 2 rings (SSSR count). The molecule has 1 heterocycles. The molecule has 0 fully saturated rings. The first kappa shape index (κ1) is 19.2. The van der Waals surface area contributed by atoms with Gasteiger partial charge in [-0.3, -0.25) is 4.79 Å². The molecule has 0 radical (unpaired) electrons. The fourth-order valence-electron chi connectivity index (χ4n) is 1.76. The third-order valence-corrected chi connectivity index (χ3v) is 3.78. The number of aromatic nitrogens is 1. The van der Waals surface area contributed by atoms with Gasteiger partial charge in [0.05, 0.1) is 13.7 Å². The van der Waals surface area contributed by atoms with Crippen molar-refractivity contribution in [3.8, 4) is 11.5 Å². The molecule has 126 valence electrons. The van der Waals surface area contributed by atoms with Crippen LogP contribution >= 0.6 is 23.7 Å². The number of carbonyl (C=O) groups excluding carboxylic acids is 1. The number of carbonyl (C=O) groups is 1. The summed E-state index contributed by atoms with van der Waals surface area (Å²) in [7, 11) is 1.61. The van der Waals surface area contributed by atoms with Gasteiger partial charge in [0, 0.05) is 11.9 Å². The Labute approximate surface area is 145 Å². The topological polar surface area (TPSA) is 86.5 Å². The summed E-state index contributed by atoms with van der Waals surface area (Å²) in [4.78, 5) is 16.1. The minimum absolute atomic E-state index is 0. The smallest absolute Gasteiger partial charge is 0.270 e. The molecule has 23 heavy (non-hydrogen) atoms. The summed E-state index contributed by atoms with van der Waals surface area (Å²) in [5.41, 5.74) is 5.87. The van der Waals surface area contributed by atoms with Crippen molar-refractivity contribution in [2.24, 2.45) is 5.73 Å². The lowest BCUT2D eigenvalue weighted by Gasteiger charge is -2.15. The molecule has 1 aromatic heterocycles. The quantitative estimate of drug-likeness (QED) is 0.793. The Kier molecular flexibility index (Phi) is 7.80. The number of nitrogens with two attached hydrogens (primary N) is 1. The SMILES string of the molecule is COc1ccc(OC(C)CNC(=O)c2csc(CN)n2)cc1.Cl. The summed E-state index contributed by atoms with van der Waals surface area (Å²) in [5, 5.41) is 5.24. The molecule has 8 heteroatoms. The molecule has 3 N–H and O–H groups in total. The summed E-state index contributed by atoms with van der Waals surface area (Å²) >= 11 is 1.38. The third-order valence-electron chi connectivity index (χ3n) is 2.91. The van der Waals surface area contributed by atoms with Crippen molar-refractivity contribution in [2.45, 2.75) is 19.6 Å². The number of hydrogen-bond donors (Lipinski definition) is 2. The Morgan fingerprint density at radius 1 is 1.35 bits per heavy atom. The van der Waals surface area contributed by atoms with Crippen molar-refractivity contribution in [1.29, 1.82) is 0 Å². The molecule has 1 atom stereocenters. The molecule has 0 saturated carbocycles. The van der Waals surface area contributed by atoms with Crippen LogP contribution in [0, 0.1) is 0 Å². The van der Waals surface area contributed by atoms with Crippen LogP contribution in [0.5, 0.6) is 11.5 Å². The number of hydrogen-bond acceptors (Lipinski definition) is 6. The van der Waals surface area contributed by atoms with Crippen molar-refractivity contribution >= 4 is 29.7 Å². The van der Waals surface area contributed by atoms with Gasteiger partial charge in [-0.25, -0.2) is 4.98 Å². The van der Waals surface area contributed by atoms with Crippen molar-refractivity contribution in [1.82, 2.24) is 10.3 Å². The first-order valence-corrected chi connectivity index (χ1v) is 7.73. The molecular weight excluding hydrogens is 338 g/mol. The van der Waals surface area contributed by atoms with Gasteiger partial charge in [-0.1, -0.05) is 0 Å². The molecule has 6 nitrogen and oxygen atoms in total. The van der Waals surface area contributed by atoms with E-state index in [1.807, 2.05) is 31.2 Å². The van der Waals surface area contributed by atoms with E-state index in [-0.39, 0.29) is 24.4 Å². The number of nitrogens with zero attached hydrogens (tertiary/aromatic N) is 1. The van der Waals surface area contributed by atoms with Gasteiger partial charge in [-0.2, -0.15) is 0 Å². The number of halogens is 1. The predicted molar refractivity (Wildman–Crippen MR) is 92.7 cm³/mol. The molecule has 0 aliphatic heterocycles. The molecule has 1 amide bonds. The summed E-state index contributed by atoms with van der Waals surface area (Å²) in [6, 6.07) is 7.30. The van der Waals surface area contributed by atoms with Crippen LogP contribution in [0.15, 0.2) is 29.6 Å². The van der Waals surface area contributed by atoms with Gasteiger partial charge in [0.2, 0.25) is 0 Å². The second-order valence-electron chi connectivity index (χ2n) is 4.64. The molecule has 1 unspecified atom stereocenters. The van der Waals surface area contributed by atoms with E-state index < -0.39 is 0 Å². The highest BCUT2D eigenvalue weighted by Gasteiger charge is 2.12. The Bertz CT molecular complexity index is 619. The van der Waals surface area contributed by atoms with Crippen LogP contribution in [0.25, 0.3) is 0 Å². The molecule has 0 spiro atoms. The number of thiazole rings is 1. The first-order chi connectivity index (χ1) is 10.6. The van der Waals surface area contributed by atoms with Gasteiger partial charge in [0.25, 0.3) is 5.91 Å². The average molecular weight is 358 g/mol. The van der Waals surface area contributed by atoms with Crippen LogP contribution in [0.4, 0.5) is 0 Å². The third kappa shape index (κ3) is 5.70. The summed E-state index contributed by atoms with van der Waals surface area (Å²) < 4.78 is 10.8. The maximum absolute atomic E-state index is 11.9. The van der Waals surface area contributed by atoms with Crippen LogP contribution in [0.3, 0.4) is 0 Å².